The molecule has 0 aliphatic heterocycles. The van der Waals surface area contributed by atoms with Gasteiger partial charge in [-0.2, -0.15) is 0 Å². The average Bonchev–Trinajstić information content (AvgIpc) is 2.68. The molecule has 0 aliphatic rings. The summed E-state index contributed by atoms with van der Waals surface area (Å²) in [5.74, 6) is -0.899. The van der Waals surface area contributed by atoms with Crippen molar-refractivity contribution in [2.45, 2.75) is 11.4 Å². The minimum absolute atomic E-state index is 0.103. The molecule has 0 aromatic heterocycles. The smallest absolute Gasteiger partial charge is 0.261 e. The van der Waals surface area contributed by atoms with Crippen LogP contribution in [0.2, 0.25) is 5.02 Å². The number of carbonyl (C=O) groups excluding carboxylic acids is 1. The molecule has 0 radical (unpaired) electrons. The number of benzene rings is 3. The molecule has 0 aliphatic carbocycles. The van der Waals surface area contributed by atoms with Gasteiger partial charge < -0.3 is 4.90 Å². The van der Waals surface area contributed by atoms with Crippen molar-refractivity contribution in [2.24, 2.45) is 0 Å². The van der Waals surface area contributed by atoms with Crippen LogP contribution in [0.25, 0.3) is 0 Å². The zero-order valence-corrected chi connectivity index (χ0v) is 17.0. The maximum atomic E-state index is 13.1. The van der Waals surface area contributed by atoms with Gasteiger partial charge in [0.15, 0.2) is 0 Å². The number of anilines is 1. The van der Waals surface area contributed by atoms with E-state index in [9.17, 15) is 17.6 Å². The first-order valence-corrected chi connectivity index (χ1v) is 10.5. The molecular formula is C21H18ClFN2O3S. The third kappa shape index (κ3) is 5.13. The Bertz CT molecular complexity index is 1130. The molecule has 0 unspecified atom stereocenters. The highest BCUT2D eigenvalue weighted by Crippen LogP contribution is 2.22. The number of sulfonamides is 1. The van der Waals surface area contributed by atoms with Crippen LogP contribution in [0, 0.1) is 5.82 Å². The van der Waals surface area contributed by atoms with Crippen molar-refractivity contribution >= 4 is 33.2 Å². The van der Waals surface area contributed by atoms with Gasteiger partial charge in [-0.25, -0.2) is 12.8 Å². The van der Waals surface area contributed by atoms with E-state index in [1.807, 2.05) is 6.07 Å². The van der Waals surface area contributed by atoms with Crippen molar-refractivity contribution in [1.82, 2.24) is 4.90 Å². The largest absolute Gasteiger partial charge is 0.337 e. The highest BCUT2D eigenvalue weighted by atomic mass is 35.5. The quantitative estimate of drug-likeness (QED) is 0.621. The molecule has 0 spiro atoms. The summed E-state index contributed by atoms with van der Waals surface area (Å²) < 4.78 is 40.7. The number of hydrogen-bond donors (Lipinski definition) is 1. The van der Waals surface area contributed by atoms with Crippen LogP contribution < -0.4 is 4.72 Å². The first-order valence-electron chi connectivity index (χ1n) is 8.63. The van der Waals surface area contributed by atoms with E-state index in [2.05, 4.69) is 4.72 Å². The number of hydrogen-bond acceptors (Lipinski definition) is 3. The summed E-state index contributed by atoms with van der Waals surface area (Å²) >= 11 is 5.99. The Balaban J connectivity index is 1.84. The highest BCUT2D eigenvalue weighted by Gasteiger charge is 2.20. The molecule has 1 N–H and O–H groups in total. The number of nitrogens with zero attached hydrogens (tertiary/aromatic N) is 1. The number of carbonyl (C=O) groups is 1. The minimum Gasteiger partial charge on any atom is -0.337 e. The van der Waals surface area contributed by atoms with Gasteiger partial charge in [0.05, 0.1) is 16.1 Å². The van der Waals surface area contributed by atoms with Crippen LogP contribution >= 0.6 is 11.6 Å². The van der Waals surface area contributed by atoms with Crippen LogP contribution in [0.5, 0.6) is 0 Å². The molecule has 0 saturated heterocycles. The van der Waals surface area contributed by atoms with Crippen LogP contribution in [0.3, 0.4) is 0 Å². The summed E-state index contributed by atoms with van der Waals surface area (Å²) in [6.45, 7) is 0.304. The summed E-state index contributed by atoms with van der Waals surface area (Å²) in [6, 6.07) is 17.9. The Morgan fingerprint density at radius 1 is 1.03 bits per heavy atom. The molecule has 0 heterocycles. The SMILES string of the molecule is CN(Cc1cccc(Cl)c1)C(=O)c1ccccc1NS(=O)(=O)c1ccc(F)cc1. The topological polar surface area (TPSA) is 66.5 Å². The molecule has 0 saturated carbocycles. The second kappa shape index (κ2) is 8.63. The number of amides is 1. The monoisotopic (exact) mass is 432 g/mol. The summed E-state index contributed by atoms with van der Waals surface area (Å²) in [5, 5.41) is 0.566. The van der Waals surface area contributed by atoms with E-state index < -0.39 is 15.8 Å². The second-order valence-corrected chi connectivity index (χ2v) is 8.51. The highest BCUT2D eigenvalue weighted by molar-refractivity contribution is 7.92. The molecular weight excluding hydrogens is 415 g/mol. The van der Waals surface area contributed by atoms with Crippen LogP contribution in [0.15, 0.2) is 77.7 Å². The Kier molecular flexibility index (Phi) is 6.20. The van der Waals surface area contributed by atoms with Crippen LogP contribution in [0.1, 0.15) is 15.9 Å². The van der Waals surface area contributed by atoms with E-state index in [-0.39, 0.29) is 22.1 Å². The van der Waals surface area contributed by atoms with Gasteiger partial charge in [-0.3, -0.25) is 9.52 Å². The molecule has 0 fully saturated rings. The Hall–Kier alpha value is -2.90. The fourth-order valence-electron chi connectivity index (χ4n) is 2.76. The molecule has 1 amide bonds. The number of rotatable bonds is 6. The van der Waals surface area contributed by atoms with Crippen molar-refractivity contribution in [3.05, 3.63) is 94.8 Å². The Morgan fingerprint density at radius 2 is 1.72 bits per heavy atom. The maximum absolute atomic E-state index is 13.1. The van der Waals surface area contributed by atoms with E-state index >= 15 is 0 Å². The second-order valence-electron chi connectivity index (χ2n) is 6.40. The summed E-state index contributed by atoms with van der Waals surface area (Å²) in [6.07, 6.45) is 0. The zero-order chi connectivity index (χ0) is 21.0. The molecule has 150 valence electrons. The summed E-state index contributed by atoms with van der Waals surface area (Å²) in [4.78, 5) is 14.3. The summed E-state index contributed by atoms with van der Waals surface area (Å²) in [5.41, 5.74) is 1.18. The first-order chi connectivity index (χ1) is 13.8. The van der Waals surface area contributed by atoms with Gasteiger partial charge in [-0.05, 0) is 54.1 Å². The Labute approximate surface area is 173 Å². The van der Waals surface area contributed by atoms with E-state index in [0.717, 1.165) is 29.8 Å². The van der Waals surface area contributed by atoms with Crippen LogP contribution in [0.4, 0.5) is 10.1 Å². The molecule has 8 heteroatoms. The molecule has 29 heavy (non-hydrogen) atoms. The van der Waals surface area contributed by atoms with Gasteiger partial charge in [-0.1, -0.05) is 35.9 Å². The van der Waals surface area contributed by atoms with E-state index in [0.29, 0.717) is 11.6 Å². The third-order valence-electron chi connectivity index (χ3n) is 4.18. The first kappa shape index (κ1) is 20.8. The fourth-order valence-corrected chi connectivity index (χ4v) is 4.06. The Morgan fingerprint density at radius 3 is 2.41 bits per heavy atom. The summed E-state index contributed by atoms with van der Waals surface area (Å²) in [7, 11) is -2.36. The molecule has 3 aromatic rings. The third-order valence-corrected chi connectivity index (χ3v) is 5.80. The molecule has 5 nitrogen and oxygen atoms in total. The fraction of sp³-hybridized carbons (Fsp3) is 0.0952. The van der Waals surface area contributed by atoms with Gasteiger partial charge in [0, 0.05) is 18.6 Å². The zero-order valence-electron chi connectivity index (χ0n) is 15.5. The standard InChI is InChI=1S/C21H18ClFN2O3S/c1-25(14-15-5-4-6-16(22)13-15)21(26)19-7-2-3-8-20(19)24-29(27,28)18-11-9-17(23)10-12-18/h2-13,24H,14H2,1H3. The molecule has 3 rings (SSSR count). The van der Waals surface area contributed by atoms with Gasteiger partial charge >= 0.3 is 0 Å². The lowest BCUT2D eigenvalue weighted by molar-refractivity contribution is 0.0786. The van der Waals surface area contributed by atoms with Gasteiger partial charge in [0.1, 0.15) is 5.82 Å². The van der Waals surface area contributed by atoms with Crippen LogP contribution in [-0.4, -0.2) is 26.3 Å². The van der Waals surface area contributed by atoms with Crippen molar-refractivity contribution < 1.29 is 17.6 Å². The van der Waals surface area contributed by atoms with Crippen LogP contribution in [-0.2, 0) is 16.6 Å². The van der Waals surface area contributed by atoms with Crippen molar-refractivity contribution in [2.75, 3.05) is 11.8 Å². The van der Waals surface area contributed by atoms with Gasteiger partial charge in [0.25, 0.3) is 15.9 Å². The number of halogens is 2. The predicted octanol–water partition coefficient (Wildman–Crippen LogP) is 4.55. The lowest BCUT2D eigenvalue weighted by atomic mass is 10.1. The van der Waals surface area contributed by atoms with E-state index in [4.69, 9.17) is 11.6 Å². The van der Waals surface area contributed by atoms with E-state index in [1.54, 1.807) is 43.4 Å². The molecule has 3 aromatic carbocycles. The molecule has 0 atom stereocenters. The van der Waals surface area contributed by atoms with Gasteiger partial charge in [-0.15, -0.1) is 0 Å². The minimum atomic E-state index is -3.98. The maximum Gasteiger partial charge on any atom is 0.261 e. The average molecular weight is 433 g/mol. The number of nitrogens with one attached hydrogen (secondary N) is 1. The predicted molar refractivity (Wildman–Crippen MR) is 111 cm³/mol. The lowest BCUT2D eigenvalue weighted by Crippen LogP contribution is -2.27. The molecule has 0 bridgehead atoms. The van der Waals surface area contributed by atoms with E-state index in [1.165, 1.54) is 11.0 Å². The van der Waals surface area contributed by atoms with Crippen molar-refractivity contribution in [3.8, 4) is 0 Å². The van der Waals surface area contributed by atoms with Crippen molar-refractivity contribution in [1.29, 1.82) is 0 Å². The van der Waals surface area contributed by atoms with Gasteiger partial charge in [0.2, 0.25) is 0 Å². The van der Waals surface area contributed by atoms with Crippen molar-refractivity contribution in [3.63, 3.8) is 0 Å². The lowest BCUT2D eigenvalue weighted by Gasteiger charge is -2.20. The normalized spacial score (nSPS) is 11.1. The number of para-hydroxylation sites is 1.